The van der Waals surface area contributed by atoms with Gasteiger partial charge in [0.25, 0.3) is 0 Å². The summed E-state index contributed by atoms with van der Waals surface area (Å²) in [4.78, 5) is 9.39. The monoisotopic (exact) mass is 639 g/mol. The maximum absolute atomic E-state index is 6.02. The zero-order chi connectivity index (χ0) is 33.0. The summed E-state index contributed by atoms with van der Waals surface area (Å²) in [5, 5.41) is 2.17. The first kappa shape index (κ1) is 28.3. The standard InChI is InChI=1S/C46H29N3O/c1-2-15-38(16-3-1)49-41-21-19-36(28-39(41)45-42(49)17-7-23-47-45)34-13-5-11-32(26-34)30-9-4-10-31(25-30)33-12-6-14-35(27-33)37-20-22-43-40(29-37)46-44(50-43)18-8-24-48-46/h1-29H. The first-order chi connectivity index (χ1) is 24.8. The van der Waals surface area contributed by atoms with E-state index in [1.165, 1.54) is 33.4 Å². The minimum absolute atomic E-state index is 0.808. The Kier molecular flexibility index (Phi) is 6.46. The van der Waals surface area contributed by atoms with Gasteiger partial charge in [0.15, 0.2) is 5.58 Å². The Labute approximate surface area is 288 Å². The van der Waals surface area contributed by atoms with E-state index in [-0.39, 0.29) is 0 Å². The van der Waals surface area contributed by atoms with Gasteiger partial charge in [-0.1, -0.05) is 84.9 Å². The molecule has 4 nitrogen and oxygen atoms in total. The summed E-state index contributed by atoms with van der Waals surface area (Å²) in [5.74, 6) is 0. The Morgan fingerprint density at radius 2 is 0.900 bits per heavy atom. The number of aromatic nitrogens is 3. The van der Waals surface area contributed by atoms with Gasteiger partial charge in [-0.2, -0.15) is 0 Å². The molecule has 4 aromatic heterocycles. The van der Waals surface area contributed by atoms with Crippen LogP contribution in [0.4, 0.5) is 0 Å². The predicted octanol–water partition coefficient (Wildman–Crippen LogP) is 12.1. The highest BCUT2D eigenvalue weighted by atomic mass is 16.3. The van der Waals surface area contributed by atoms with E-state index in [0.29, 0.717) is 0 Å². The molecule has 0 radical (unpaired) electrons. The van der Waals surface area contributed by atoms with Gasteiger partial charge in [0.2, 0.25) is 0 Å². The Bertz CT molecular complexity index is 2880. The minimum Gasteiger partial charge on any atom is -0.454 e. The van der Waals surface area contributed by atoms with Gasteiger partial charge >= 0.3 is 0 Å². The van der Waals surface area contributed by atoms with Gasteiger partial charge in [-0.3, -0.25) is 9.97 Å². The quantitative estimate of drug-likeness (QED) is 0.188. The lowest BCUT2D eigenvalue weighted by Crippen LogP contribution is -1.93. The Balaban J connectivity index is 1.01. The van der Waals surface area contributed by atoms with E-state index in [1.807, 2.05) is 36.7 Å². The Hall–Kier alpha value is -6.78. The van der Waals surface area contributed by atoms with Crippen LogP contribution >= 0.6 is 0 Å². The topological polar surface area (TPSA) is 43.9 Å². The van der Waals surface area contributed by atoms with Gasteiger partial charge in [-0.15, -0.1) is 0 Å². The second kappa shape index (κ2) is 11.4. The van der Waals surface area contributed by atoms with Gasteiger partial charge in [0.1, 0.15) is 11.1 Å². The van der Waals surface area contributed by atoms with Crippen LogP contribution in [0.1, 0.15) is 0 Å². The highest BCUT2D eigenvalue weighted by Crippen LogP contribution is 2.37. The van der Waals surface area contributed by atoms with E-state index < -0.39 is 0 Å². The first-order valence-electron chi connectivity index (χ1n) is 16.8. The van der Waals surface area contributed by atoms with Crippen LogP contribution in [0.25, 0.3) is 94.2 Å². The van der Waals surface area contributed by atoms with Crippen LogP contribution in [0.5, 0.6) is 0 Å². The van der Waals surface area contributed by atoms with Crippen molar-refractivity contribution in [2.75, 3.05) is 0 Å². The molecule has 0 aliphatic carbocycles. The van der Waals surface area contributed by atoms with Gasteiger partial charge in [0, 0.05) is 28.9 Å². The summed E-state index contributed by atoms with van der Waals surface area (Å²) in [5.41, 5.74) is 16.3. The molecule has 4 heterocycles. The number of pyridine rings is 2. The zero-order valence-corrected chi connectivity index (χ0v) is 27.0. The largest absolute Gasteiger partial charge is 0.454 e. The van der Waals surface area contributed by atoms with Gasteiger partial charge < -0.3 is 8.98 Å². The lowest BCUT2D eigenvalue weighted by molar-refractivity contribution is 0.668. The van der Waals surface area contributed by atoms with Crippen molar-refractivity contribution in [2.24, 2.45) is 0 Å². The van der Waals surface area contributed by atoms with Crippen molar-refractivity contribution in [1.29, 1.82) is 0 Å². The van der Waals surface area contributed by atoms with Crippen molar-refractivity contribution in [3.63, 3.8) is 0 Å². The normalized spacial score (nSPS) is 11.6. The van der Waals surface area contributed by atoms with Crippen LogP contribution in [0, 0.1) is 0 Å². The third kappa shape index (κ3) is 4.69. The van der Waals surface area contributed by atoms with Crippen LogP contribution < -0.4 is 0 Å². The molecular weight excluding hydrogens is 611 g/mol. The fourth-order valence-electron chi connectivity index (χ4n) is 7.28. The van der Waals surface area contributed by atoms with Crippen molar-refractivity contribution in [3.8, 4) is 50.2 Å². The number of furan rings is 1. The smallest absolute Gasteiger partial charge is 0.153 e. The minimum atomic E-state index is 0.808. The summed E-state index contributed by atoms with van der Waals surface area (Å²) in [7, 11) is 0. The molecule has 0 aliphatic heterocycles. The van der Waals surface area contributed by atoms with Crippen LogP contribution in [0.15, 0.2) is 181 Å². The molecule has 10 rings (SSSR count). The van der Waals surface area contributed by atoms with Gasteiger partial charge in [0.05, 0.1) is 16.6 Å². The maximum Gasteiger partial charge on any atom is 0.153 e. The van der Waals surface area contributed by atoms with Gasteiger partial charge in [-0.25, -0.2) is 0 Å². The number of para-hydroxylation sites is 1. The molecular formula is C46H29N3O. The predicted molar refractivity (Wildman–Crippen MR) is 205 cm³/mol. The van der Waals surface area contributed by atoms with Crippen LogP contribution in [-0.2, 0) is 0 Å². The van der Waals surface area contributed by atoms with Gasteiger partial charge in [-0.05, 0) is 123 Å². The molecule has 0 unspecified atom stereocenters. The number of nitrogens with zero attached hydrogens (tertiary/aromatic N) is 3. The molecule has 0 atom stereocenters. The van der Waals surface area contributed by atoms with Crippen LogP contribution in [-0.4, -0.2) is 14.5 Å². The molecule has 0 fully saturated rings. The SMILES string of the molecule is c1ccc(-n2c3ccc(-c4cccc(-c5cccc(-c6cccc(-c7ccc8oc9cccnc9c8c7)c6)c5)c4)cc3c3ncccc32)cc1. The average Bonchev–Trinajstić information content (AvgIpc) is 3.73. The fourth-order valence-corrected chi connectivity index (χ4v) is 7.28. The van der Waals surface area contributed by atoms with E-state index >= 15 is 0 Å². The molecule has 0 amide bonds. The number of rotatable bonds is 5. The molecule has 50 heavy (non-hydrogen) atoms. The molecule has 0 bridgehead atoms. The second-order valence-electron chi connectivity index (χ2n) is 12.7. The molecule has 0 saturated heterocycles. The van der Waals surface area contributed by atoms with E-state index in [2.05, 4.69) is 149 Å². The number of hydrogen-bond acceptors (Lipinski definition) is 3. The highest BCUT2D eigenvalue weighted by molar-refractivity contribution is 6.08. The molecule has 234 valence electrons. The lowest BCUT2D eigenvalue weighted by Gasteiger charge is -2.10. The van der Waals surface area contributed by atoms with Crippen molar-refractivity contribution >= 4 is 44.0 Å². The number of hydrogen-bond donors (Lipinski definition) is 0. The molecule has 0 spiro atoms. The molecule has 0 saturated carbocycles. The summed E-state index contributed by atoms with van der Waals surface area (Å²) in [6.45, 7) is 0. The number of benzene rings is 6. The molecule has 6 aromatic carbocycles. The fraction of sp³-hybridized carbons (Fsp3) is 0. The number of fused-ring (bicyclic) bond motifs is 6. The molecule has 0 N–H and O–H groups in total. The molecule has 10 aromatic rings. The van der Waals surface area contributed by atoms with Crippen LogP contribution in [0.2, 0.25) is 0 Å². The van der Waals surface area contributed by atoms with E-state index in [0.717, 1.165) is 60.8 Å². The van der Waals surface area contributed by atoms with Crippen molar-refractivity contribution < 1.29 is 4.42 Å². The second-order valence-corrected chi connectivity index (χ2v) is 12.7. The van der Waals surface area contributed by atoms with Crippen molar-refractivity contribution in [1.82, 2.24) is 14.5 Å². The Morgan fingerprint density at radius 3 is 1.54 bits per heavy atom. The Morgan fingerprint density at radius 1 is 0.360 bits per heavy atom. The molecule has 4 heteroatoms. The average molecular weight is 640 g/mol. The summed E-state index contributed by atoms with van der Waals surface area (Å²) < 4.78 is 8.31. The van der Waals surface area contributed by atoms with E-state index in [4.69, 9.17) is 9.40 Å². The van der Waals surface area contributed by atoms with Crippen molar-refractivity contribution in [3.05, 3.63) is 176 Å². The van der Waals surface area contributed by atoms with Crippen LogP contribution in [0.3, 0.4) is 0 Å². The zero-order valence-electron chi connectivity index (χ0n) is 27.0. The van der Waals surface area contributed by atoms with E-state index in [1.54, 1.807) is 0 Å². The maximum atomic E-state index is 6.02. The van der Waals surface area contributed by atoms with E-state index in [9.17, 15) is 0 Å². The third-order valence-corrected chi connectivity index (χ3v) is 9.68. The highest BCUT2D eigenvalue weighted by Gasteiger charge is 2.15. The summed E-state index contributed by atoms with van der Waals surface area (Å²) >= 11 is 0. The third-order valence-electron chi connectivity index (χ3n) is 9.68. The lowest BCUT2D eigenvalue weighted by atomic mass is 9.94. The van der Waals surface area contributed by atoms with Crippen molar-refractivity contribution in [2.45, 2.75) is 0 Å². The molecule has 0 aliphatic rings. The first-order valence-corrected chi connectivity index (χ1v) is 16.8. The summed E-state index contributed by atoms with van der Waals surface area (Å²) in [6.07, 6.45) is 3.69. The summed E-state index contributed by atoms with van der Waals surface area (Å²) in [6, 6.07) is 58.0.